The Morgan fingerprint density at radius 3 is 2.53 bits per heavy atom. The van der Waals surface area contributed by atoms with E-state index in [1.165, 1.54) is 0 Å². The largest absolute Gasteiger partial charge is 0.497 e. The Kier molecular flexibility index (Phi) is 7.96. The molecule has 1 aliphatic heterocycles. The first-order valence-electron chi connectivity index (χ1n) is 10.9. The average molecular weight is 419 g/mol. The highest BCUT2D eigenvalue weighted by Crippen LogP contribution is 2.40. The molecule has 2 atom stereocenters. The molecule has 1 aromatic carbocycles. The Morgan fingerprint density at radius 2 is 1.87 bits per heavy atom. The summed E-state index contributed by atoms with van der Waals surface area (Å²) in [5, 5.41) is 3.03. The van der Waals surface area contributed by atoms with Crippen molar-refractivity contribution in [3.63, 3.8) is 0 Å². The quantitative estimate of drug-likeness (QED) is 0.624. The normalized spacial score (nSPS) is 21.6. The third-order valence-electron chi connectivity index (χ3n) is 6.34. The van der Waals surface area contributed by atoms with E-state index < -0.39 is 0 Å². The predicted octanol–water partition coefficient (Wildman–Crippen LogP) is 2.59. The molecule has 166 valence electrons. The second-order valence-corrected chi connectivity index (χ2v) is 8.18. The summed E-state index contributed by atoms with van der Waals surface area (Å²) in [5.74, 6) is 1.25. The lowest BCUT2D eigenvalue weighted by molar-refractivity contribution is -0.134. The van der Waals surface area contributed by atoms with Crippen LogP contribution in [-0.4, -0.2) is 64.3 Å². The van der Waals surface area contributed by atoms with Crippen LogP contribution < -0.4 is 14.8 Å². The van der Waals surface area contributed by atoms with E-state index in [9.17, 15) is 9.59 Å². The van der Waals surface area contributed by atoms with E-state index in [1.807, 2.05) is 23.1 Å². The van der Waals surface area contributed by atoms with Gasteiger partial charge in [-0.05, 0) is 25.3 Å². The van der Waals surface area contributed by atoms with E-state index in [-0.39, 0.29) is 29.6 Å². The Labute approximate surface area is 179 Å². The molecule has 7 nitrogen and oxygen atoms in total. The molecule has 2 fully saturated rings. The predicted molar refractivity (Wildman–Crippen MR) is 114 cm³/mol. The van der Waals surface area contributed by atoms with Crippen LogP contribution in [0.25, 0.3) is 0 Å². The molecule has 1 heterocycles. The van der Waals surface area contributed by atoms with Gasteiger partial charge in [-0.2, -0.15) is 0 Å². The fourth-order valence-electron chi connectivity index (χ4n) is 4.68. The maximum absolute atomic E-state index is 13.1. The van der Waals surface area contributed by atoms with Crippen molar-refractivity contribution in [2.75, 3.05) is 47.6 Å². The highest BCUT2D eigenvalue weighted by Gasteiger charge is 2.43. The SMILES string of the molecule is COCCCNC(=O)[C@@H]1CN(C(=O)C2CCCC2)C[C@H]1c1ccc(OC)cc1OC. The number of amides is 2. The van der Waals surface area contributed by atoms with Gasteiger partial charge < -0.3 is 24.4 Å². The first-order chi connectivity index (χ1) is 14.6. The van der Waals surface area contributed by atoms with Gasteiger partial charge in [0.1, 0.15) is 11.5 Å². The standard InChI is InChI=1S/C23H34N2O5/c1-28-12-6-11-24-22(26)20-15-25(23(27)16-7-4-5-8-16)14-19(20)18-10-9-17(29-2)13-21(18)30-3/h9-10,13,16,19-20H,4-8,11-12,14-15H2,1-3H3,(H,24,26)/t19-,20+/m0/s1. The van der Waals surface area contributed by atoms with Gasteiger partial charge in [-0.1, -0.05) is 18.9 Å². The second kappa shape index (κ2) is 10.7. The van der Waals surface area contributed by atoms with Crippen LogP contribution in [0, 0.1) is 11.8 Å². The summed E-state index contributed by atoms with van der Waals surface area (Å²) in [7, 11) is 4.88. The molecule has 3 rings (SSSR count). The van der Waals surface area contributed by atoms with Crippen molar-refractivity contribution in [1.82, 2.24) is 10.2 Å². The fraction of sp³-hybridized carbons (Fsp3) is 0.652. The van der Waals surface area contributed by atoms with Gasteiger partial charge in [0.25, 0.3) is 0 Å². The van der Waals surface area contributed by atoms with Gasteiger partial charge in [0.05, 0.1) is 20.1 Å². The number of nitrogens with zero attached hydrogens (tertiary/aromatic N) is 1. The molecular weight excluding hydrogens is 384 g/mol. The fourth-order valence-corrected chi connectivity index (χ4v) is 4.68. The number of hydrogen-bond acceptors (Lipinski definition) is 5. The lowest BCUT2D eigenvalue weighted by atomic mass is 9.87. The molecule has 0 aromatic heterocycles. The van der Waals surface area contributed by atoms with Crippen LogP contribution in [0.4, 0.5) is 0 Å². The minimum Gasteiger partial charge on any atom is -0.497 e. The van der Waals surface area contributed by atoms with E-state index in [2.05, 4.69) is 5.32 Å². The number of methoxy groups -OCH3 is 3. The van der Waals surface area contributed by atoms with Gasteiger partial charge >= 0.3 is 0 Å². The maximum Gasteiger partial charge on any atom is 0.225 e. The molecule has 2 amide bonds. The maximum atomic E-state index is 13.1. The third kappa shape index (κ3) is 5.06. The molecule has 0 spiro atoms. The first kappa shape index (κ1) is 22.4. The van der Waals surface area contributed by atoms with Gasteiger partial charge in [-0.3, -0.25) is 9.59 Å². The molecule has 1 aliphatic carbocycles. The molecule has 0 radical (unpaired) electrons. The van der Waals surface area contributed by atoms with Crippen molar-refractivity contribution in [2.24, 2.45) is 11.8 Å². The van der Waals surface area contributed by atoms with Crippen molar-refractivity contribution in [3.8, 4) is 11.5 Å². The molecule has 1 N–H and O–H groups in total. The van der Waals surface area contributed by atoms with E-state index >= 15 is 0 Å². The number of carbonyl (C=O) groups is 2. The van der Waals surface area contributed by atoms with Crippen molar-refractivity contribution in [2.45, 2.75) is 38.0 Å². The van der Waals surface area contributed by atoms with Crippen molar-refractivity contribution in [3.05, 3.63) is 23.8 Å². The van der Waals surface area contributed by atoms with E-state index in [0.717, 1.165) is 37.7 Å². The van der Waals surface area contributed by atoms with Gasteiger partial charge in [-0.25, -0.2) is 0 Å². The Balaban J connectivity index is 1.81. The number of hydrogen-bond donors (Lipinski definition) is 1. The van der Waals surface area contributed by atoms with E-state index in [0.29, 0.717) is 37.7 Å². The number of carbonyl (C=O) groups excluding carboxylic acids is 2. The summed E-state index contributed by atoms with van der Waals surface area (Å²) in [4.78, 5) is 28.0. The number of nitrogens with one attached hydrogen (secondary N) is 1. The lowest BCUT2D eigenvalue weighted by Crippen LogP contribution is -2.37. The highest BCUT2D eigenvalue weighted by atomic mass is 16.5. The zero-order valence-corrected chi connectivity index (χ0v) is 18.3. The summed E-state index contributed by atoms with van der Waals surface area (Å²) in [6.45, 7) is 2.15. The Bertz CT molecular complexity index is 732. The van der Waals surface area contributed by atoms with Crippen LogP contribution in [0.15, 0.2) is 18.2 Å². The molecule has 7 heteroatoms. The summed E-state index contributed by atoms with van der Waals surface area (Å²) in [5.41, 5.74) is 0.942. The number of benzene rings is 1. The monoisotopic (exact) mass is 418 g/mol. The Morgan fingerprint density at radius 1 is 1.10 bits per heavy atom. The summed E-state index contributed by atoms with van der Waals surface area (Å²) in [6.07, 6.45) is 4.91. The molecular formula is C23H34N2O5. The van der Waals surface area contributed by atoms with Crippen LogP contribution in [0.2, 0.25) is 0 Å². The van der Waals surface area contributed by atoms with Gasteiger partial charge in [0, 0.05) is 56.8 Å². The van der Waals surface area contributed by atoms with Gasteiger partial charge in [0.2, 0.25) is 11.8 Å². The second-order valence-electron chi connectivity index (χ2n) is 8.18. The number of ether oxygens (including phenoxy) is 3. The molecule has 30 heavy (non-hydrogen) atoms. The molecule has 2 aliphatic rings. The minimum absolute atomic E-state index is 0.0179. The summed E-state index contributed by atoms with van der Waals surface area (Å²) >= 11 is 0. The lowest BCUT2D eigenvalue weighted by Gasteiger charge is -2.21. The van der Waals surface area contributed by atoms with E-state index in [1.54, 1.807) is 21.3 Å². The topological polar surface area (TPSA) is 77.1 Å². The minimum atomic E-state index is -0.305. The van der Waals surface area contributed by atoms with Crippen LogP contribution in [0.1, 0.15) is 43.6 Å². The zero-order valence-electron chi connectivity index (χ0n) is 18.3. The average Bonchev–Trinajstić information content (AvgIpc) is 3.46. The van der Waals surface area contributed by atoms with Gasteiger partial charge in [0.15, 0.2) is 0 Å². The molecule has 0 unspecified atom stereocenters. The number of likely N-dealkylation sites (tertiary alicyclic amines) is 1. The van der Waals surface area contributed by atoms with Crippen LogP contribution in [0.5, 0.6) is 11.5 Å². The zero-order chi connectivity index (χ0) is 21.5. The third-order valence-corrected chi connectivity index (χ3v) is 6.34. The summed E-state index contributed by atoms with van der Waals surface area (Å²) < 4.78 is 16.0. The van der Waals surface area contributed by atoms with Crippen LogP contribution in [-0.2, 0) is 14.3 Å². The van der Waals surface area contributed by atoms with E-state index in [4.69, 9.17) is 14.2 Å². The molecule has 1 aromatic rings. The smallest absolute Gasteiger partial charge is 0.225 e. The summed E-state index contributed by atoms with van der Waals surface area (Å²) in [6, 6.07) is 5.67. The van der Waals surface area contributed by atoms with Crippen LogP contribution in [0.3, 0.4) is 0 Å². The highest BCUT2D eigenvalue weighted by molar-refractivity contribution is 5.84. The molecule has 1 saturated carbocycles. The number of rotatable bonds is 9. The first-order valence-corrected chi connectivity index (χ1v) is 10.9. The van der Waals surface area contributed by atoms with Crippen molar-refractivity contribution >= 4 is 11.8 Å². The van der Waals surface area contributed by atoms with Gasteiger partial charge in [-0.15, -0.1) is 0 Å². The van der Waals surface area contributed by atoms with Crippen molar-refractivity contribution < 1.29 is 23.8 Å². The molecule has 1 saturated heterocycles. The van der Waals surface area contributed by atoms with Crippen LogP contribution >= 0.6 is 0 Å². The Hall–Kier alpha value is -2.28. The van der Waals surface area contributed by atoms with Crippen molar-refractivity contribution in [1.29, 1.82) is 0 Å². The molecule has 0 bridgehead atoms.